The number of pyridine rings is 1. The molecule has 5 N–H and O–H groups in total. The number of aromatic amines is 1. The lowest BCUT2D eigenvalue weighted by molar-refractivity contribution is 0.0695. The minimum Gasteiger partial charge on any atom is -0.478 e. The summed E-state index contributed by atoms with van der Waals surface area (Å²) in [4.78, 5) is 36.8. The highest BCUT2D eigenvalue weighted by atomic mass is 32.2. The Morgan fingerprint density at radius 2 is 1.60 bits per heavy atom. The number of aromatic nitrogens is 1. The van der Waals surface area contributed by atoms with E-state index >= 15 is 0 Å². The Labute approximate surface area is 141 Å². The molecule has 0 unspecified atom stereocenters. The molecule has 2 aromatic rings. The molecule has 9 nitrogen and oxygen atoms in total. The first-order chi connectivity index (χ1) is 11.5. The van der Waals surface area contributed by atoms with Crippen molar-refractivity contribution in [3.8, 4) is 11.1 Å². The Morgan fingerprint density at radius 3 is 2.04 bits per heavy atom. The molecular formula is C15H14N2O7S. The largest absolute Gasteiger partial charge is 0.478 e. The van der Waals surface area contributed by atoms with Crippen molar-refractivity contribution in [2.75, 3.05) is 12.0 Å². The number of carbonyl (C=O) groups is 2. The average molecular weight is 366 g/mol. The molecule has 0 radical (unpaired) electrons. The summed E-state index contributed by atoms with van der Waals surface area (Å²) in [6, 6.07) is 5.50. The lowest BCUT2D eigenvalue weighted by Crippen LogP contribution is -2.24. The van der Waals surface area contributed by atoms with E-state index in [-0.39, 0.29) is 16.9 Å². The number of nitrogen functional groups attached to an aromatic ring is 1. The fraction of sp³-hybridized carbons (Fsp3) is 0.133. The number of H-pyrrole nitrogens is 1. The first kappa shape index (κ1) is 18.2. The number of anilines is 1. The monoisotopic (exact) mass is 366 g/mol. The van der Waals surface area contributed by atoms with Gasteiger partial charge in [-0.1, -0.05) is 24.3 Å². The zero-order chi connectivity index (χ0) is 18.9. The molecule has 10 heteroatoms. The molecule has 1 aromatic heterocycles. The van der Waals surface area contributed by atoms with Crippen molar-refractivity contribution in [2.24, 2.45) is 0 Å². The number of rotatable bonds is 5. The Morgan fingerprint density at radius 1 is 1.08 bits per heavy atom. The van der Waals surface area contributed by atoms with E-state index in [4.69, 9.17) is 5.73 Å². The molecule has 1 heterocycles. The van der Waals surface area contributed by atoms with Crippen molar-refractivity contribution in [3.63, 3.8) is 0 Å². The highest BCUT2D eigenvalue weighted by Crippen LogP contribution is 2.29. The van der Waals surface area contributed by atoms with E-state index in [9.17, 15) is 33.0 Å². The van der Waals surface area contributed by atoms with Crippen LogP contribution < -0.4 is 11.3 Å². The molecule has 1 aromatic carbocycles. The minimum atomic E-state index is -3.27. The number of benzene rings is 1. The third kappa shape index (κ3) is 3.86. The summed E-state index contributed by atoms with van der Waals surface area (Å²) in [6.45, 7) is 0. The van der Waals surface area contributed by atoms with Gasteiger partial charge in [0.2, 0.25) is 0 Å². The Kier molecular flexibility index (Phi) is 4.66. The Bertz CT molecular complexity index is 1020. The Hall–Kier alpha value is -3.14. The van der Waals surface area contributed by atoms with Crippen molar-refractivity contribution in [3.05, 3.63) is 51.3 Å². The van der Waals surface area contributed by atoms with Gasteiger partial charge < -0.3 is 20.9 Å². The molecule has 0 atom stereocenters. The molecular weight excluding hydrogens is 352 g/mol. The smallest absolute Gasteiger partial charge is 0.342 e. The summed E-state index contributed by atoms with van der Waals surface area (Å²) in [5.41, 5.74) is 3.39. The van der Waals surface area contributed by atoms with Gasteiger partial charge in [-0.25, -0.2) is 18.0 Å². The normalized spacial score (nSPS) is 11.2. The number of carboxylic acids is 2. The molecule has 0 aliphatic heterocycles. The zero-order valence-electron chi connectivity index (χ0n) is 12.9. The minimum absolute atomic E-state index is 0.116. The van der Waals surface area contributed by atoms with Gasteiger partial charge in [0.15, 0.2) is 9.84 Å². The molecule has 0 saturated heterocycles. The summed E-state index contributed by atoms with van der Waals surface area (Å²) >= 11 is 0. The second-order valence-electron chi connectivity index (χ2n) is 5.37. The molecule has 25 heavy (non-hydrogen) atoms. The maximum absolute atomic E-state index is 11.9. The predicted octanol–water partition coefficient (Wildman–Crippen LogP) is 0.565. The molecule has 0 amide bonds. The quantitative estimate of drug-likeness (QED) is 0.595. The van der Waals surface area contributed by atoms with Gasteiger partial charge in [0.05, 0.1) is 5.75 Å². The second-order valence-corrected chi connectivity index (χ2v) is 7.51. The van der Waals surface area contributed by atoms with Crippen LogP contribution in [0.1, 0.15) is 26.3 Å². The fourth-order valence-electron chi connectivity index (χ4n) is 2.41. The van der Waals surface area contributed by atoms with Crippen molar-refractivity contribution in [1.29, 1.82) is 0 Å². The number of hydrogen-bond donors (Lipinski definition) is 4. The average Bonchev–Trinajstić information content (AvgIpc) is 2.44. The zero-order valence-corrected chi connectivity index (χ0v) is 13.8. The first-order valence-electron chi connectivity index (χ1n) is 6.80. The molecule has 0 aliphatic rings. The van der Waals surface area contributed by atoms with Crippen LogP contribution >= 0.6 is 0 Å². The number of aromatic carboxylic acids is 2. The SMILES string of the molecule is CS(=O)(=O)Cc1ccc(-c2c(C(=O)O)c(N)[nH]c(=O)c2C(=O)O)cc1. The topological polar surface area (TPSA) is 168 Å². The van der Waals surface area contributed by atoms with Crippen LogP contribution in [0.15, 0.2) is 29.1 Å². The van der Waals surface area contributed by atoms with Crippen LogP contribution in [0.3, 0.4) is 0 Å². The van der Waals surface area contributed by atoms with E-state index in [2.05, 4.69) is 0 Å². The predicted molar refractivity (Wildman–Crippen MR) is 89.4 cm³/mol. The first-order valence-corrected chi connectivity index (χ1v) is 8.86. The highest BCUT2D eigenvalue weighted by molar-refractivity contribution is 7.89. The van der Waals surface area contributed by atoms with Crippen LogP contribution in [0.25, 0.3) is 11.1 Å². The van der Waals surface area contributed by atoms with Crippen molar-refractivity contribution in [2.45, 2.75) is 5.75 Å². The second kappa shape index (κ2) is 6.40. The number of hydrogen-bond acceptors (Lipinski definition) is 6. The van der Waals surface area contributed by atoms with E-state index in [0.717, 1.165) is 6.26 Å². The standard InChI is InChI=1S/C15H14N2O7S/c1-25(23,24)6-7-2-4-8(5-3-7)9-10(14(19)20)12(16)17-13(18)11(9)15(21)22/h2-5H,6H2,1H3,(H,19,20)(H,21,22)(H3,16,17,18). The Balaban J connectivity index is 2.75. The van der Waals surface area contributed by atoms with E-state index in [0.29, 0.717) is 5.56 Å². The van der Waals surface area contributed by atoms with E-state index < -0.39 is 44.3 Å². The van der Waals surface area contributed by atoms with Crippen LogP contribution in [-0.2, 0) is 15.6 Å². The maximum Gasteiger partial charge on any atom is 0.342 e. The summed E-state index contributed by atoms with van der Waals surface area (Å²) in [5, 5.41) is 18.6. The van der Waals surface area contributed by atoms with E-state index in [1.165, 1.54) is 24.3 Å². The van der Waals surface area contributed by atoms with Gasteiger partial charge in [0.25, 0.3) is 5.56 Å². The van der Waals surface area contributed by atoms with Gasteiger partial charge >= 0.3 is 11.9 Å². The fourth-order valence-corrected chi connectivity index (χ4v) is 3.20. The number of nitrogens with one attached hydrogen (secondary N) is 1. The van der Waals surface area contributed by atoms with Gasteiger partial charge in [-0.05, 0) is 11.1 Å². The van der Waals surface area contributed by atoms with Crippen LogP contribution in [0.4, 0.5) is 5.82 Å². The van der Waals surface area contributed by atoms with Gasteiger partial charge in [0.1, 0.15) is 16.9 Å². The number of carboxylic acid groups (broad SMARTS) is 2. The molecule has 2 rings (SSSR count). The molecule has 132 valence electrons. The molecule has 0 saturated carbocycles. The lowest BCUT2D eigenvalue weighted by Gasteiger charge is -2.12. The maximum atomic E-state index is 11.9. The molecule has 0 fully saturated rings. The van der Waals surface area contributed by atoms with Crippen molar-refractivity contribution < 1.29 is 28.2 Å². The van der Waals surface area contributed by atoms with Crippen LogP contribution in [0.2, 0.25) is 0 Å². The van der Waals surface area contributed by atoms with Gasteiger partial charge in [-0.3, -0.25) is 4.79 Å². The number of nitrogens with two attached hydrogens (primary N) is 1. The van der Waals surface area contributed by atoms with Crippen molar-refractivity contribution in [1.82, 2.24) is 4.98 Å². The highest BCUT2D eigenvalue weighted by Gasteiger charge is 2.26. The molecule has 0 spiro atoms. The summed E-state index contributed by atoms with van der Waals surface area (Å²) in [5.74, 6) is -3.83. The summed E-state index contributed by atoms with van der Waals surface area (Å²) in [6.07, 6.45) is 1.06. The van der Waals surface area contributed by atoms with Crippen LogP contribution in [0.5, 0.6) is 0 Å². The number of sulfone groups is 1. The van der Waals surface area contributed by atoms with Gasteiger partial charge in [0, 0.05) is 11.8 Å². The summed E-state index contributed by atoms with van der Waals surface area (Å²) in [7, 11) is -3.27. The molecule has 0 bridgehead atoms. The van der Waals surface area contributed by atoms with Gasteiger partial charge in [-0.15, -0.1) is 0 Å². The lowest BCUT2D eigenvalue weighted by atomic mass is 9.95. The van der Waals surface area contributed by atoms with Crippen LogP contribution in [-0.4, -0.2) is 41.8 Å². The van der Waals surface area contributed by atoms with Crippen molar-refractivity contribution >= 4 is 27.6 Å². The third-order valence-corrected chi connectivity index (χ3v) is 4.20. The van der Waals surface area contributed by atoms with Crippen LogP contribution in [0, 0.1) is 0 Å². The third-order valence-electron chi connectivity index (χ3n) is 3.34. The summed E-state index contributed by atoms with van der Waals surface area (Å²) < 4.78 is 22.6. The van der Waals surface area contributed by atoms with E-state index in [1.807, 2.05) is 4.98 Å². The van der Waals surface area contributed by atoms with Gasteiger partial charge in [-0.2, -0.15) is 0 Å². The molecule has 0 aliphatic carbocycles. The van der Waals surface area contributed by atoms with E-state index in [1.54, 1.807) is 0 Å².